The Kier molecular flexibility index (Phi) is 6.43. The average molecular weight is 571 g/mol. The molecule has 3 heterocycles. The van der Waals surface area contributed by atoms with Crippen LogP contribution in [-0.4, -0.2) is 47.9 Å². The summed E-state index contributed by atoms with van der Waals surface area (Å²) in [6.07, 6.45) is 3.37. The predicted octanol–water partition coefficient (Wildman–Crippen LogP) is 3.53. The van der Waals surface area contributed by atoms with E-state index in [1.807, 2.05) is 30.3 Å². The van der Waals surface area contributed by atoms with E-state index >= 15 is 0 Å². The monoisotopic (exact) mass is 571 g/mol. The van der Waals surface area contributed by atoms with Gasteiger partial charge in [-0.3, -0.25) is 19.9 Å². The lowest BCUT2D eigenvalue weighted by molar-refractivity contribution is -0.117. The SMILES string of the molecule is O=C1NN(c2ccc(I)cc2)C(=O)C1=Cc1cnc(N2CCN(Cc3ccccc3)CC2)s1. The minimum Gasteiger partial charge on any atom is -0.346 e. The fourth-order valence-corrected chi connectivity index (χ4v) is 5.17. The number of carbonyl (C=O) groups excluding carboxylic acids is 2. The van der Waals surface area contributed by atoms with Gasteiger partial charge in [0.25, 0.3) is 11.8 Å². The predicted molar refractivity (Wildman–Crippen MR) is 139 cm³/mol. The van der Waals surface area contributed by atoms with Crippen LogP contribution in [0.1, 0.15) is 10.4 Å². The van der Waals surface area contributed by atoms with Crippen molar-refractivity contribution in [2.75, 3.05) is 36.1 Å². The van der Waals surface area contributed by atoms with E-state index in [1.54, 1.807) is 12.3 Å². The van der Waals surface area contributed by atoms with Crippen LogP contribution in [0.3, 0.4) is 0 Å². The third kappa shape index (κ3) is 4.94. The number of hydrazine groups is 1. The number of rotatable bonds is 5. The van der Waals surface area contributed by atoms with Crippen molar-refractivity contribution in [1.82, 2.24) is 15.3 Å². The van der Waals surface area contributed by atoms with E-state index in [9.17, 15) is 9.59 Å². The smallest absolute Gasteiger partial charge is 0.282 e. The van der Waals surface area contributed by atoms with Gasteiger partial charge < -0.3 is 4.90 Å². The summed E-state index contributed by atoms with van der Waals surface area (Å²) in [4.78, 5) is 35.4. The van der Waals surface area contributed by atoms with Gasteiger partial charge in [-0.05, 0) is 58.5 Å². The minimum atomic E-state index is -0.400. The van der Waals surface area contributed by atoms with Crippen LogP contribution in [0.15, 0.2) is 66.4 Å². The minimum absolute atomic E-state index is 0.122. The first kappa shape index (κ1) is 22.1. The van der Waals surface area contributed by atoms with Crippen LogP contribution in [0.25, 0.3) is 6.08 Å². The molecule has 2 fully saturated rings. The molecule has 2 aliphatic rings. The quantitative estimate of drug-likeness (QED) is 0.289. The highest BCUT2D eigenvalue weighted by Gasteiger charge is 2.34. The largest absolute Gasteiger partial charge is 0.346 e. The van der Waals surface area contributed by atoms with Crippen molar-refractivity contribution in [2.45, 2.75) is 6.54 Å². The first-order chi connectivity index (χ1) is 16.1. The van der Waals surface area contributed by atoms with Crippen molar-refractivity contribution in [3.05, 3.63) is 80.4 Å². The van der Waals surface area contributed by atoms with Crippen LogP contribution in [0.5, 0.6) is 0 Å². The molecular weight excluding hydrogens is 549 g/mol. The van der Waals surface area contributed by atoms with Gasteiger partial charge in [0.05, 0.1) is 10.6 Å². The Hall–Kier alpha value is -2.76. The maximum absolute atomic E-state index is 12.8. The Balaban J connectivity index is 1.23. The highest BCUT2D eigenvalue weighted by Crippen LogP contribution is 2.28. The lowest BCUT2D eigenvalue weighted by atomic mass is 10.2. The molecule has 5 rings (SSSR count). The molecule has 9 heteroatoms. The number of carbonyl (C=O) groups is 2. The molecule has 0 radical (unpaired) electrons. The lowest BCUT2D eigenvalue weighted by Crippen LogP contribution is -2.45. The Morgan fingerprint density at radius 2 is 1.73 bits per heavy atom. The van der Waals surface area contributed by atoms with Crippen molar-refractivity contribution in [2.24, 2.45) is 0 Å². The molecule has 2 amide bonds. The fraction of sp³-hybridized carbons (Fsp3) is 0.208. The van der Waals surface area contributed by atoms with Crippen LogP contribution < -0.4 is 15.3 Å². The second-order valence-electron chi connectivity index (χ2n) is 7.91. The highest BCUT2D eigenvalue weighted by atomic mass is 127. The van der Waals surface area contributed by atoms with Gasteiger partial charge in [0, 0.05) is 42.5 Å². The molecule has 0 spiro atoms. The summed E-state index contributed by atoms with van der Waals surface area (Å²) >= 11 is 3.70. The van der Waals surface area contributed by atoms with E-state index in [0.29, 0.717) is 5.69 Å². The number of aromatic nitrogens is 1. The summed E-state index contributed by atoms with van der Waals surface area (Å²) in [5.74, 6) is -0.756. The number of nitrogens with one attached hydrogen (secondary N) is 1. The Morgan fingerprint density at radius 3 is 2.45 bits per heavy atom. The number of benzene rings is 2. The van der Waals surface area contributed by atoms with Crippen molar-refractivity contribution in [3.63, 3.8) is 0 Å². The van der Waals surface area contributed by atoms with Gasteiger partial charge >= 0.3 is 0 Å². The summed E-state index contributed by atoms with van der Waals surface area (Å²) in [6.45, 7) is 4.69. The van der Waals surface area contributed by atoms with Crippen molar-refractivity contribution >= 4 is 62.6 Å². The number of amides is 2. The molecule has 7 nitrogen and oxygen atoms in total. The van der Waals surface area contributed by atoms with Gasteiger partial charge in [-0.15, -0.1) is 0 Å². The van der Waals surface area contributed by atoms with E-state index in [4.69, 9.17) is 0 Å². The van der Waals surface area contributed by atoms with Crippen molar-refractivity contribution < 1.29 is 9.59 Å². The average Bonchev–Trinajstić information content (AvgIpc) is 3.41. The Labute approximate surface area is 209 Å². The number of nitrogens with zero attached hydrogens (tertiary/aromatic N) is 4. The molecule has 1 N–H and O–H groups in total. The zero-order chi connectivity index (χ0) is 22.8. The number of halogens is 1. The summed E-state index contributed by atoms with van der Waals surface area (Å²) in [5, 5.41) is 2.21. The summed E-state index contributed by atoms with van der Waals surface area (Å²) < 4.78 is 1.06. The maximum Gasteiger partial charge on any atom is 0.282 e. The molecule has 168 valence electrons. The number of thiazole rings is 1. The van der Waals surface area contributed by atoms with Crippen LogP contribution in [0.2, 0.25) is 0 Å². The third-order valence-corrected chi connectivity index (χ3v) is 7.39. The number of anilines is 2. The second kappa shape index (κ2) is 9.62. The number of hydrogen-bond donors (Lipinski definition) is 1. The molecule has 2 aliphatic heterocycles. The normalized spacial score (nSPS) is 18.3. The fourth-order valence-electron chi connectivity index (χ4n) is 3.90. The standard InChI is InChI=1S/C24H22IN5O2S/c25-18-6-8-19(9-7-18)30-23(32)21(22(31)27-30)14-20-15-26-24(33-20)29-12-10-28(11-13-29)16-17-4-2-1-3-5-17/h1-9,14-15H,10-13,16H2,(H,27,31). The van der Waals surface area contributed by atoms with Gasteiger partial charge in [0.1, 0.15) is 5.57 Å². The van der Waals surface area contributed by atoms with E-state index in [0.717, 1.165) is 46.3 Å². The zero-order valence-electron chi connectivity index (χ0n) is 17.8. The van der Waals surface area contributed by atoms with Crippen LogP contribution >= 0.6 is 33.9 Å². The first-order valence-electron chi connectivity index (χ1n) is 10.7. The van der Waals surface area contributed by atoms with Crippen LogP contribution in [-0.2, 0) is 16.1 Å². The summed E-state index contributed by atoms with van der Waals surface area (Å²) in [6, 6.07) is 17.9. The summed E-state index contributed by atoms with van der Waals surface area (Å²) in [5.41, 5.74) is 4.73. The van der Waals surface area contributed by atoms with Gasteiger partial charge in [0.15, 0.2) is 5.13 Å². The van der Waals surface area contributed by atoms with E-state index in [2.05, 4.69) is 67.1 Å². The van der Waals surface area contributed by atoms with Crippen LogP contribution in [0, 0.1) is 3.57 Å². The van der Waals surface area contributed by atoms with Gasteiger partial charge in [-0.25, -0.2) is 9.99 Å². The molecule has 0 atom stereocenters. The van der Waals surface area contributed by atoms with Gasteiger partial charge in [0.2, 0.25) is 0 Å². The zero-order valence-corrected chi connectivity index (χ0v) is 20.8. The van der Waals surface area contributed by atoms with E-state index in [1.165, 1.54) is 21.9 Å². The molecule has 33 heavy (non-hydrogen) atoms. The molecule has 0 saturated carbocycles. The van der Waals surface area contributed by atoms with Gasteiger partial charge in [-0.1, -0.05) is 41.7 Å². The molecule has 2 aromatic carbocycles. The Bertz CT molecular complexity index is 1190. The third-order valence-electron chi connectivity index (χ3n) is 5.67. The molecule has 2 saturated heterocycles. The Morgan fingerprint density at radius 1 is 1.00 bits per heavy atom. The highest BCUT2D eigenvalue weighted by molar-refractivity contribution is 14.1. The van der Waals surface area contributed by atoms with Gasteiger partial charge in [-0.2, -0.15) is 0 Å². The molecule has 0 unspecified atom stereocenters. The molecule has 1 aromatic heterocycles. The van der Waals surface area contributed by atoms with E-state index in [-0.39, 0.29) is 11.5 Å². The number of hydrogen-bond acceptors (Lipinski definition) is 6. The summed E-state index contributed by atoms with van der Waals surface area (Å²) in [7, 11) is 0. The molecule has 3 aromatic rings. The number of piperazine rings is 1. The van der Waals surface area contributed by atoms with Crippen molar-refractivity contribution in [1.29, 1.82) is 0 Å². The topological polar surface area (TPSA) is 68.8 Å². The first-order valence-corrected chi connectivity index (χ1v) is 12.6. The van der Waals surface area contributed by atoms with Crippen molar-refractivity contribution in [3.8, 4) is 0 Å². The molecule has 0 bridgehead atoms. The van der Waals surface area contributed by atoms with Crippen LogP contribution in [0.4, 0.5) is 10.8 Å². The lowest BCUT2D eigenvalue weighted by Gasteiger charge is -2.34. The molecule has 0 aliphatic carbocycles. The second-order valence-corrected chi connectivity index (χ2v) is 10.2. The molecular formula is C24H22IN5O2S. The maximum atomic E-state index is 12.8. The van der Waals surface area contributed by atoms with E-state index < -0.39 is 5.91 Å².